The summed E-state index contributed by atoms with van der Waals surface area (Å²) >= 11 is 0. The van der Waals surface area contributed by atoms with Crippen LogP contribution in [-0.2, 0) is 9.59 Å². The Labute approximate surface area is 140 Å². The number of likely N-dealkylation sites (tertiary alicyclic amines) is 1. The van der Waals surface area contributed by atoms with Crippen LogP contribution >= 0.6 is 0 Å². The number of nitrogens with zero attached hydrogens (tertiary/aromatic N) is 1. The van der Waals surface area contributed by atoms with E-state index in [1.54, 1.807) is 4.90 Å². The fraction of sp³-hybridized carbons (Fsp3) is 0.800. The normalized spacial score (nSPS) is 33.3. The Morgan fingerprint density at radius 1 is 1.04 bits per heavy atom. The van der Waals surface area contributed by atoms with Crippen LogP contribution in [0.4, 0.5) is 0 Å². The lowest BCUT2D eigenvalue weighted by atomic mass is 9.74. The largest absolute Gasteiger partial charge is 0.276 e. The summed E-state index contributed by atoms with van der Waals surface area (Å²) in [5.74, 6) is 1.22. The first kappa shape index (κ1) is 16.7. The van der Waals surface area contributed by atoms with Gasteiger partial charge in [0.15, 0.2) is 0 Å². The van der Waals surface area contributed by atoms with E-state index in [2.05, 4.69) is 53.7 Å². The molecule has 2 bridgehead atoms. The van der Waals surface area contributed by atoms with Crippen LogP contribution in [0, 0.1) is 35.0 Å². The Kier molecular flexibility index (Phi) is 3.77. The summed E-state index contributed by atoms with van der Waals surface area (Å²) in [4.78, 5) is 27.7. The van der Waals surface area contributed by atoms with Crippen molar-refractivity contribution in [2.24, 2.45) is 35.0 Å². The van der Waals surface area contributed by atoms with E-state index in [0.717, 1.165) is 19.3 Å². The van der Waals surface area contributed by atoms with Crippen molar-refractivity contribution in [1.82, 2.24) is 4.90 Å². The minimum atomic E-state index is -0.406. The summed E-state index contributed by atoms with van der Waals surface area (Å²) in [5.41, 5.74) is -0.288. The van der Waals surface area contributed by atoms with E-state index >= 15 is 0 Å². The molecule has 3 nitrogen and oxygen atoms in total. The van der Waals surface area contributed by atoms with E-state index in [4.69, 9.17) is 0 Å². The SMILES string of the molecule is CC(C)CC(C)(C)CC(C)(C)N1C(=O)C2C3C=CC(C3)C2C1=O. The lowest BCUT2D eigenvalue weighted by Crippen LogP contribution is -2.51. The zero-order valence-corrected chi connectivity index (χ0v) is 15.4. The molecule has 128 valence electrons. The Bertz CT molecular complexity index is 528. The number of carbonyl (C=O) groups excluding carboxylic acids is 2. The van der Waals surface area contributed by atoms with Gasteiger partial charge in [-0.3, -0.25) is 14.5 Å². The minimum absolute atomic E-state index is 0.0787. The third-order valence-electron chi connectivity index (χ3n) is 5.95. The molecule has 1 saturated heterocycles. The van der Waals surface area contributed by atoms with E-state index in [9.17, 15) is 9.59 Å². The highest BCUT2D eigenvalue weighted by atomic mass is 16.2. The summed E-state index contributed by atoms with van der Waals surface area (Å²) in [6, 6.07) is 0. The van der Waals surface area contributed by atoms with E-state index in [0.29, 0.717) is 17.8 Å². The molecule has 3 aliphatic rings. The highest BCUT2D eigenvalue weighted by molar-refractivity contribution is 6.07. The highest BCUT2D eigenvalue weighted by Gasteiger charge is 2.61. The second-order valence-electron chi connectivity index (χ2n) is 9.76. The molecule has 1 saturated carbocycles. The van der Waals surface area contributed by atoms with E-state index in [1.807, 2.05) is 0 Å². The van der Waals surface area contributed by atoms with E-state index in [1.165, 1.54) is 0 Å². The number of hydrogen-bond acceptors (Lipinski definition) is 2. The molecular formula is C20H31NO2. The number of rotatable bonds is 5. The number of hydrogen-bond donors (Lipinski definition) is 0. The van der Waals surface area contributed by atoms with Crippen LogP contribution in [0.5, 0.6) is 0 Å². The predicted molar refractivity (Wildman–Crippen MR) is 91.5 cm³/mol. The molecule has 0 spiro atoms. The van der Waals surface area contributed by atoms with Crippen LogP contribution in [0.1, 0.15) is 60.8 Å². The van der Waals surface area contributed by atoms with Gasteiger partial charge in [-0.2, -0.15) is 0 Å². The van der Waals surface area contributed by atoms with E-state index in [-0.39, 0.29) is 29.1 Å². The number of imide groups is 1. The molecule has 4 unspecified atom stereocenters. The van der Waals surface area contributed by atoms with Gasteiger partial charge in [0.05, 0.1) is 11.8 Å². The first-order chi connectivity index (χ1) is 10.5. The van der Waals surface area contributed by atoms with Crippen molar-refractivity contribution < 1.29 is 9.59 Å². The quantitative estimate of drug-likeness (QED) is 0.567. The van der Waals surface area contributed by atoms with Crippen molar-refractivity contribution in [2.45, 2.75) is 66.3 Å². The van der Waals surface area contributed by atoms with Gasteiger partial charge in [-0.05, 0) is 56.3 Å². The third kappa shape index (κ3) is 2.66. The molecule has 3 rings (SSSR count). The van der Waals surface area contributed by atoms with Crippen LogP contribution in [0.25, 0.3) is 0 Å². The van der Waals surface area contributed by atoms with Crippen molar-refractivity contribution >= 4 is 11.8 Å². The van der Waals surface area contributed by atoms with Crippen LogP contribution in [0.2, 0.25) is 0 Å². The topological polar surface area (TPSA) is 37.4 Å². The second kappa shape index (κ2) is 5.19. The van der Waals surface area contributed by atoms with E-state index < -0.39 is 5.54 Å². The van der Waals surface area contributed by atoms with Crippen LogP contribution in [0.3, 0.4) is 0 Å². The monoisotopic (exact) mass is 317 g/mol. The van der Waals surface area contributed by atoms with Crippen LogP contribution in [0.15, 0.2) is 12.2 Å². The maximum absolute atomic E-state index is 13.0. The molecule has 0 N–H and O–H groups in total. The maximum atomic E-state index is 13.0. The number of amides is 2. The molecule has 2 fully saturated rings. The molecule has 4 atom stereocenters. The predicted octanol–water partition coefficient (Wildman–Crippen LogP) is 4.03. The third-order valence-corrected chi connectivity index (χ3v) is 5.95. The summed E-state index contributed by atoms with van der Waals surface area (Å²) in [7, 11) is 0. The van der Waals surface area contributed by atoms with Crippen molar-refractivity contribution in [3.8, 4) is 0 Å². The van der Waals surface area contributed by atoms with Crippen molar-refractivity contribution in [3.05, 3.63) is 12.2 Å². The van der Waals surface area contributed by atoms with Gasteiger partial charge in [0.2, 0.25) is 11.8 Å². The molecule has 2 aliphatic carbocycles. The van der Waals surface area contributed by atoms with Crippen LogP contribution < -0.4 is 0 Å². The number of carbonyl (C=O) groups is 2. The highest BCUT2D eigenvalue weighted by Crippen LogP contribution is 2.54. The zero-order chi connectivity index (χ0) is 17.2. The Morgan fingerprint density at radius 2 is 1.52 bits per heavy atom. The van der Waals surface area contributed by atoms with Gasteiger partial charge in [-0.1, -0.05) is 39.8 Å². The molecule has 1 aliphatic heterocycles. The van der Waals surface area contributed by atoms with Crippen LogP contribution in [-0.4, -0.2) is 22.3 Å². The standard InChI is InChI=1S/C20H31NO2/c1-12(2)10-19(3,4)11-20(5,6)21-17(22)15-13-7-8-14(9-13)16(15)18(21)23/h7-8,12-16H,9-11H2,1-6H3. The molecule has 0 radical (unpaired) electrons. The molecular weight excluding hydrogens is 286 g/mol. The lowest BCUT2D eigenvalue weighted by Gasteiger charge is -2.41. The van der Waals surface area contributed by atoms with Gasteiger partial charge in [0.25, 0.3) is 0 Å². The fourth-order valence-electron chi connectivity index (χ4n) is 5.93. The summed E-state index contributed by atoms with van der Waals surface area (Å²) in [6.45, 7) is 13.1. The molecule has 1 heterocycles. The smallest absolute Gasteiger partial charge is 0.234 e. The average Bonchev–Trinajstić information content (AvgIpc) is 2.99. The van der Waals surface area contributed by atoms with Gasteiger partial charge in [-0.15, -0.1) is 0 Å². The van der Waals surface area contributed by atoms with Gasteiger partial charge >= 0.3 is 0 Å². The van der Waals surface area contributed by atoms with Gasteiger partial charge < -0.3 is 0 Å². The van der Waals surface area contributed by atoms with Gasteiger partial charge in [-0.25, -0.2) is 0 Å². The zero-order valence-electron chi connectivity index (χ0n) is 15.4. The molecule has 23 heavy (non-hydrogen) atoms. The fourth-order valence-corrected chi connectivity index (χ4v) is 5.93. The molecule has 0 aromatic carbocycles. The summed E-state index contributed by atoms with van der Waals surface area (Å²) in [6.07, 6.45) is 7.29. The Morgan fingerprint density at radius 3 is 1.96 bits per heavy atom. The van der Waals surface area contributed by atoms with Crippen molar-refractivity contribution in [1.29, 1.82) is 0 Å². The van der Waals surface area contributed by atoms with Crippen molar-refractivity contribution in [2.75, 3.05) is 0 Å². The molecule has 3 heteroatoms. The summed E-state index contributed by atoms with van der Waals surface area (Å²) < 4.78 is 0. The lowest BCUT2D eigenvalue weighted by molar-refractivity contribution is -0.148. The molecule has 2 amide bonds. The number of fused-ring (bicyclic) bond motifs is 5. The van der Waals surface area contributed by atoms with Gasteiger partial charge in [0.1, 0.15) is 0 Å². The average molecular weight is 317 g/mol. The summed E-state index contributed by atoms with van der Waals surface area (Å²) in [5, 5.41) is 0. The Balaban J connectivity index is 1.81. The van der Waals surface area contributed by atoms with Crippen molar-refractivity contribution in [3.63, 3.8) is 0 Å². The molecule has 0 aromatic heterocycles. The number of allylic oxidation sites excluding steroid dienone is 2. The first-order valence-electron chi connectivity index (χ1n) is 9.10. The minimum Gasteiger partial charge on any atom is -0.276 e. The van der Waals surface area contributed by atoms with Gasteiger partial charge in [0, 0.05) is 5.54 Å². The molecule has 0 aromatic rings. The Hall–Kier alpha value is -1.12. The second-order valence-corrected chi connectivity index (χ2v) is 9.76. The maximum Gasteiger partial charge on any atom is 0.234 e. The first-order valence-corrected chi connectivity index (χ1v) is 9.10.